The zero-order chi connectivity index (χ0) is 14.3. The average molecular weight is 276 g/mol. The van der Waals surface area contributed by atoms with Crippen LogP contribution in [0.4, 0.5) is 0 Å². The van der Waals surface area contributed by atoms with Gasteiger partial charge >= 0.3 is 0 Å². The summed E-state index contributed by atoms with van der Waals surface area (Å²) in [5, 5.41) is 0. The third kappa shape index (κ3) is 2.97. The summed E-state index contributed by atoms with van der Waals surface area (Å²) in [5.74, 6) is 4.52. The van der Waals surface area contributed by atoms with Crippen molar-refractivity contribution in [2.24, 2.45) is 35.0 Å². The molecule has 1 nitrogen and oxygen atoms in total. The number of hydrogen-bond acceptors (Lipinski definition) is 1. The molecule has 3 fully saturated rings. The highest BCUT2D eigenvalue weighted by Crippen LogP contribution is 2.50. The first-order valence-corrected chi connectivity index (χ1v) is 8.96. The largest absolute Gasteiger partial charge is 0.299 e. The number of carbonyl (C=O) groups excluding carboxylic acids is 1. The Kier molecular flexibility index (Phi) is 3.99. The van der Waals surface area contributed by atoms with Crippen LogP contribution in [0, 0.1) is 35.0 Å². The van der Waals surface area contributed by atoms with Crippen LogP contribution in [-0.2, 0) is 4.79 Å². The van der Waals surface area contributed by atoms with Gasteiger partial charge in [0.1, 0.15) is 5.78 Å². The van der Waals surface area contributed by atoms with Gasteiger partial charge in [-0.3, -0.25) is 4.79 Å². The van der Waals surface area contributed by atoms with Gasteiger partial charge in [0.15, 0.2) is 0 Å². The molecule has 0 radical (unpaired) electrons. The molecule has 20 heavy (non-hydrogen) atoms. The molecule has 3 atom stereocenters. The van der Waals surface area contributed by atoms with Gasteiger partial charge in [-0.2, -0.15) is 0 Å². The summed E-state index contributed by atoms with van der Waals surface area (Å²) in [6, 6.07) is 0. The Balaban J connectivity index is 1.47. The van der Waals surface area contributed by atoms with Crippen LogP contribution in [0.15, 0.2) is 0 Å². The molecule has 2 bridgehead atoms. The predicted molar refractivity (Wildman–Crippen MR) is 83.5 cm³/mol. The minimum atomic E-state index is 0.410. The van der Waals surface area contributed by atoms with Gasteiger partial charge in [0.2, 0.25) is 0 Å². The Bertz CT molecular complexity index is 356. The molecule has 0 aliphatic heterocycles. The van der Waals surface area contributed by atoms with Gasteiger partial charge in [-0.25, -0.2) is 0 Å². The molecule has 3 saturated carbocycles. The topological polar surface area (TPSA) is 17.1 Å². The summed E-state index contributed by atoms with van der Waals surface area (Å²) in [7, 11) is 0. The van der Waals surface area contributed by atoms with Crippen molar-refractivity contribution >= 4 is 5.78 Å². The van der Waals surface area contributed by atoms with Crippen molar-refractivity contribution in [2.45, 2.75) is 78.6 Å². The smallest absolute Gasteiger partial charge is 0.136 e. The average Bonchev–Trinajstić information content (AvgIpc) is 3.00. The van der Waals surface area contributed by atoms with E-state index in [4.69, 9.17) is 0 Å². The van der Waals surface area contributed by atoms with Crippen LogP contribution in [-0.4, -0.2) is 5.78 Å². The van der Waals surface area contributed by atoms with Gasteiger partial charge in [0.25, 0.3) is 0 Å². The van der Waals surface area contributed by atoms with Gasteiger partial charge in [0, 0.05) is 12.3 Å². The van der Waals surface area contributed by atoms with Crippen LogP contribution in [0.25, 0.3) is 0 Å². The normalized spacial score (nSPS) is 41.0. The molecule has 0 spiro atoms. The van der Waals surface area contributed by atoms with Crippen molar-refractivity contribution in [3.05, 3.63) is 0 Å². The Morgan fingerprint density at radius 3 is 2.15 bits per heavy atom. The SMILES string of the molecule is CC(C)(C)C1CCC(C(=O)CC2CC3CCC2C3)CC1. The molecule has 0 amide bonds. The van der Waals surface area contributed by atoms with E-state index in [2.05, 4.69) is 20.8 Å². The van der Waals surface area contributed by atoms with Crippen molar-refractivity contribution in [2.75, 3.05) is 0 Å². The second-order valence-electron chi connectivity index (χ2n) is 9.02. The fourth-order valence-corrected chi connectivity index (χ4v) is 5.33. The molecule has 114 valence electrons. The van der Waals surface area contributed by atoms with E-state index < -0.39 is 0 Å². The van der Waals surface area contributed by atoms with Gasteiger partial charge in [-0.1, -0.05) is 27.2 Å². The maximum atomic E-state index is 12.6. The molecule has 0 aromatic carbocycles. The monoisotopic (exact) mass is 276 g/mol. The molecule has 3 aliphatic rings. The summed E-state index contributed by atoms with van der Waals surface area (Å²) in [6.07, 6.45) is 11.5. The van der Waals surface area contributed by atoms with Gasteiger partial charge < -0.3 is 0 Å². The lowest BCUT2D eigenvalue weighted by molar-refractivity contribution is -0.125. The van der Waals surface area contributed by atoms with E-state index in [-0.39, 0.29) is 0 Å². The Morgan fingerprint density at radius 1 is 0.950 bits per heavy atom. The van der Waals surface area contributed by atoms with E-state index in [1.54, 1.807) is 0 Å². The highest BCUT2D eigenvalue weighted by Gasteiger charge is 2.41. The van der Waals surface area contributed by atoms with Crippen LogP contribution < -0.4 is 0 Å². The lowest BCUT2D eigenvalue weighted by Gasteiger charge is -2.37. The third-order valence-electron chi connectivity index (χ3n) is 6.76. The zero-order valence-corrected chi connectivity index (χ0v) is 13.7. The van der Waals surface area contributed by atoms with Crippen molar-refractivity contribution < 1.29 is 4.79 Å². The fourth-order valence-electron chi connectivity index (χ4n) is 5.33. The molecule has 3 unspecified atom stereocenters. The molecular formula is C19H32O. The van der Waals surface area contributed by atoms with Gasteiger partial charge in [-0.05, 0) is 74.0 Å². The van der Waals surface area contributed by atoms with Crippen LogP contribution in [0.2, 0.25) is 0 Å². The summed E-state index contributed by atoms with van der Waals surface area (Å²) in [4.78, 5) is 12.6. The van der Waals surface area contributed by atoms with Crippen molar-refractivity contribution in [1.29, 1.82) is 0 Å². The Labute approximate surface area is 124 Å². The summed E-state index contributed by atoms with van der Waals surface area (Å²) in [5.41, 5.74) is 0.429. The highest BCUT2D eigenvalue weighted by molar-refractivity contribution is 5.81. The van der Waals surface area contributed by atoms with Gasteiger partial charge in [-0.15, -0.1) is 0 Å². The summed E-state index contributed by atoms with van der Waals surface area (Å²) < 4.78 is 0. The summed E-state index contributed by atoms with van der Waals surface area (Å²) in [6.45, 7) is 7.07. The number of fused-ring (bicyclic) bond motifs is 2. The second kappa shape index (κ2) is 5.46. The van der Waals surface area contributed by atoms with E-state index in [1.165, 1.54) is 51.4 Å². The zero-order valence-electron chi connectivity index (χ0n) is 13.7. The first-order valence-electron chi connectivity index (χ1n) is 8.96. The van der Waals surface area contributed by atoms with Crippen LogP contribution in [0.1, 0.15) is 78.6 Å². The van der Waals surface area contributed by atoms with E-state index in [9.17, 15) is 4.79 Å². The quantitative estimate of drug-likeness (QED) is 0.689. The second-order valence-corrected chi connectivity index (χ2v) is 9.02. The lowest BCUT2D eigenvalue weighted by atomic mass is 9.68. The van der Waals surface area contributed by atoms with Gasteiger partial charge in [0.05, 0.1) is 0 Å². The third-order valence-corrected chi connectivity index (χ3v) is 6.76. The van der Waals surface area contributed by atoms with Crippen LogP contribution in [0.3, 0.4) is 0 Å². The fraction of sp³-hybridized carbons (Fsp3) is 0.947. The Hall–Kier alpha value is -0.330. The highest BCUT2D eigenvalue weighted by atomic mass is 16.1. The standard InChI is InChI=1S/C19H32O/c1-19(2,3)17-8-6-14(7-9-17)18(20)12-16-11-13-4-5-15(16)10-13/h13-17H,4-12H2,1-3H3. The molecule has 0 heterocycles. The first kappa shape index (κ1) is 14.6. The van der Waals surface area contributed by atoms with E-state index in [0.29, 0.717) is 17.1 Å². The minimum absolute atomic E-state index is 0.410. The maximum Gasteiger partial charge on any atom is 0.136 e. The molecule has 0 saturated heterocycles. The first-order chi connectivity index (χ1) is 9.43. The van der Waals surface area contributed by atoms with Crippen molar-refractivity contribution in [1.82, 2.24) is 0 Å². The predicted octanol–water partition coefficient (Wildman–Crippen LogP) is 5.23. The molecule has 3 rings (SSSR count). The number of hydrogen-bond donors (Lipinski definition) is 0. The minimum Gasteiger partial charge on any atom is -0.299 e. The summed E-state index contributed by atoms with van der Waals surface area (Å²) >= 11 is 0. The van der Waals surface area contributed by atoms with Crippen LogP contribution >= 0.6 is 0 Å². The maximum absolute atomic E-state index is 12.6. The Morgan fingerprint density at radius 2 is 1.65 bits per heavy atom. The number of Topliss-reactive ketones (excluding diaryl/α,β-unsaturated/α-hetero) is 1. The molecule has 1 heteroatoms. The number of rotatable bonds is 3. The van der Waals surface area contributed by atoms with Crippen LogP contribution in [0.5, 0.6) is 0 Å². The van der Waals surface area contributed by atoms with E-state index in [1.807, 2.05) is 0 Å². The molecular weight excluding hydrogens is 244 g/mol. The molecule has 0 aromatic heterocycles. The lowest BCUT2D eigenvalue weighted by Crippen LogP contribution is -2.30. The number of ketones is 1. The molecule has 0 aromatic rings. The molecule has 0 N–H and O–H groups in total. The van der Waals surface area contributed by atoms with E-state index in [0.717, 1.165) is 30.1 Å². The van der Waals surface area contributed by atoms with Crippen molar-refractivity contribution in [3.8, 4) is 0 Å². The van der Waals surface area contributed by atoms with Crippen molar-refractivity contribution in [3.63, 3.8) is 0 Å². The molecule has 3 aliphatic carbocycles. The van der Waals surface area contributed by atoms with E-state index >= 15 is 0 Å². The number of carbonyl (C=O) groups is 1.